The Morgan fingerprint density at radius 2 is 0.789 bits per heavy atom. The molecule has 0 saturated heterocycles. The van der Waals surface area contributed by atoms with E-state index in [4.69, 9.17) is 8.83 Å². The van der Waals surface area contributed by atoms with Gasteiger partial charge in [0.2, 0.25) is 0 Å². The maximum Gasteiger partial charge on any atom is 0.345 e. The molecule has 0 radical (unpaired) electrons. The lowest BCUT2D eigenvalue weighted by Gasteiger charge is -2.42. The van der Waals surface area contributed by atoms with Crippen LogP contribution in [0.4, 0.5) is 0 Å². The smallest absolute Gasteiger partial charge is 0.345 e. The molecule has 0 spiro atoms. The highest BCUT2D eigenvalue weighted by molar-refractivity contribution is 7.34. The average molecular weight is 589 g/mol. The van der Waals surface area contributed by atoms with Gasteiger partial charge in [0.05, 0.1) is 20.2 Å². The Morgan fingerprint density at radius 1 is 0.526 bits per heavy atom. The van der Waals surface area contributed by atoms with Crippen molar-refractivity contribution in [3.63, 3.8) is 0 Å². The Labute approximate surface area is 236 Å². The monoisotopic (exact) mass is 588 g/mol. The first kappa shape index (κ1) is 29.5. The molecule has 8 heteroatoms. The first-order valence-corrected chi connectivity index (χ1v) is 20.2. The van der Waals surface area contributed by atoms with Crippen molar-refractivity contribution >= 4 is 79.2 Å². The minimum Gasteiger partial charge on any atom is -0.417 e. The van der Waals surface area contributed by atoms with Crippen molar-refractivity contribution in [2.75, 3.05) is 0 Å². The molecule has 0 aromatic carbocycles. The van der Waals surface area contributed by atoms with Gasteiger partial charge < -0.3 is 8.83 Å². The van der Waals surface area contributed by atoms with Crippen molar-refractivity contribution in [3.8, 4) is 0 Å². The second-order valence-corrected chi connectivity index (χ2v) is 27.5. The number of thiophene rings is 2. The molecule has 4 heterocycles. The van der Waals surface area contributed by atoms with Crippen molar-refractivity contribution in [2.45, 2.75) is 116 Å². The maximum atomic E-state index is 13.4. The van der Waals surface area contributed by atoms with Crippen molar-refractivity contribution in [1.82, 2.24) is 0 Å². The van der Waals surface area contributed by atoms with Crippen LogP contribution >= 0.6 is 22.7 Å². The summed E-state index contributed by atoms with van der Waals surface area (Å²) < 4.78 is 16.2. The van der Waals surface area contributed by atoms with E-state index in [0.29, 0.717) is 55.2 Å². The lowest BCUT2D eigenvalue weighted by Crippen LogP contribution is -2.54. The van der Waals surface area contributed by atoms with E-state index >= 15 is 0 Å². The predicted octanol–water partition coefficient (Wildman–Crippen LogP) is 8.95. The third-order valence-corrected chi connectivity index (χ3v) is 27.6. The number of hydrogen-bond donors (Lipinski definition) is 0. The van der Waals surface area contributed by atoms with Crippen LogP contribution in [0.25, 0.3) is 31.3 Å². The van der Waals surface area contributed by atoms with Crippen LogP contribution < -0.4 is 20.3 Å². The van der Waals surface area contributed by atoms with Crippen LogP contribution in [0.15, 0.2) is 30.6 Å². The van der Waals surface area contributed by atoms with E-state index in [1.54, 1.807) is 22.7 Å². The van der Waals surface area contributed by atoms with Crippen molar-refractivity contribution < 1.29 is 8.83 Å². The molecule has 4 aromatic rings. The van der Waals surface area contributed by atoms with E-state index in [-0.39, 0.29) is 11.3 Å². The minimum atomic E-state index is -2.00. The van der Waals surface area contributed by atoms with Gasteiger partial charge in [0.25, 0.3) is 0 Å². The van der Waals surface area contributed by atoms with Crippen molar-refractivity contribution in [3.05, 3.63) is 33.0 Å². The van der Waals surface area contributed by atoms with Gasteiger partial charge >= 0.3 is 11.3 Å². The van der Waals surface area contributed by atoms with Gasteiger partial charge in [-0.05, 0) is 54.4 Å². The summed E-state index contributed by atoms with van der Waals surface area (Å²) in [7, 11) is -3.99. The average Bonchev–Trinajstić information content (AvgIpc) is 3.41. The maximum absolute atomic E-state index is 13.4. The Morgan fingerprint density at radius 3 is 1.03 bits per heavy atom. The highest BCUT2D eigenvalue weighted by Crippen LogP contribution is 2.45. The molecule has 0 aliphatic heterocycles. The molecule has 0 fully saturated rings. The summed E-state index contributed by atoms with van der Waals surface area (Å²) in [4.78, 5) is 26.9. The first-order valence-electron chi connectivity index (χ1n) is 14.1. The molecule has 4 aromatic heterocycles. The van der Waals surface area contributed by atoms with Gasteiger partial charge in [0.15, 0.2) is 11.2 Å². The Bertz CT molecular complexity index is 1430. The third kappa shape index (κ3) is 3.99. The van der Waals surface area contributed by atoms with E-state index in [9.17, 15) is 9.59 Å². The molecule has 4 rings (SSSR count). The van der Waals surface area contributed by atoms with Crippen LogP contribution in [0.3, 0.4) is 0 Å². The molecular weight excluding hydrogens is 545 g/mol. The normalized spacial score (nSPS) is 13.8. The summed E-state index contributed by atoms with van der Waals surface area (Å²) in [5.74, 6) is 0. The van der Waals surface area contributed by atoms with Gasteiger partial charge in [-0.15, -0.1) is 22.7 Å². The zero-order chi connectivity index (χ0) is 28.5. The van der Waals surface area contributed by atoms with E-state index in [1.165, 1.54) is 9.00 Å². The quantitative estimate of drug-likeness (QED) is 0.193. The topological polar surface area (TPSA) is 60.4 Å². The lowest BCUT2D eigenvalue weighted by molar-refractivity contribution is 0.532. The van der Waals surface area contributed by atoms with Crippen LogP contribution in [-0.4, -0.2) is 16.1 Å². The lowest BCUT2D eigenvalue weighted by atomic mass is 10.3. The standard InChI is InChI=1S/C30H44O4S2Si2/c1-15(2)37(16(3)4,17(5)6)23-13-21-27(35-23)25-26(34-29(21)31)28-22(30(32)33-25)14-24(36-28)38(18(7)8,19(9)10)20(11)12/h13-20H,1-12H3. The molecule has 0 bridgehead atoms. The van der Waals surface area contributed by atoms with E-state index in [0.717, 1.165) is 9.40 Å². The summed E-state index contributed by atoms with van der Waals surface area (Å²) >= 11 is 3.32. The van der Waals surface area contributed by atoms with Crippen molar-refractivity contribution in [2.24, 2.45) is 0 Å². The van der Waals surface area contributed by atoms with Crippen LogP contribution in [0, 0.1) is 0 Å². The summed E-state index contributed by atoms with van der Waals surface area (Å²) in [5, 5.41) is 1.09. The second-order valence-electron chi connectivity index (χ2n) is 12.9. The number of hydrogen-bond acceptors (Lipinski definition) is 6. The highest BCUT2D eigenvalue weighted by Gasteiger charge is 2.47. The predicted molar refractivity (Wildman–Crippen MR) is 173 cm³/mol. The molecule has 0 amide bonds. The Hall–Kier alpha value is -1.49. The van der Waals surface area contributed by atoms with Crippen molar-refractivity contribution in [1.29, 1.82) is 0 Å². The number of rotatable bonds is 8. The van der Waals surface area contributed by atoms with Gasteiger partial charge in [-0.25, -0.2) is 9.59 Å². The molecule has 0 unspecified atom stereocenters. The van der Waals surface area contributed by atoms with Crippen LogP contribution in [0.1, 0.15) is 83.1 Å². The molecule has 0 aliphatic rings. The van der Waals surface area contributed by atoms with Gasteiger partial charge in [0, 0.05) is 0 Å². The van der Waals surface area contributed by atoms with Gasteiger partial charge in [-0.3, -0.25) is 0 Å². The summed E-state index contributed by atoms with van der Waals surface area (Å²) in [6.07, 6.45) is 0. The summed E-state index contributed by atoms with van der Waals surface area (Å²) in [6.45, 7) is 27.9. The Kier molecular flexibility index (Phi) is 7.89. The molecule has 0 aliphatic carbocycles. The fourth-order valence-electron chi connectivity index (χ4n) is 8.24. The zero-order valence-corrected chi connectivity index (χ0v) is 28.7. The molecule has 0 saturated carbocycles. The van der Waals surface area contributed by atoms with Crippen LogP contribution in [-0.2, 0) is 0 Å². The molecule has 38 heavy (non-hydrogen) atoms. The summed E-state index contributed by atoms with van der Waals surface area (Å²) in [5.41, 5.74) is 3.25. The minimum absolute atomic E-state index is 0.334. The molecule has 0 atom stereocenters. The van der Waals surface area contributed by atoms with E-state index < -0.39 is 16.1 Å². The Balaban J connectivity index is 2.12. The first-order chi connectivity index (χ1) is 17.6. The van der Waals surface area contributed by atoms with Gasteiger partial charge in [-0.2, -0.15) is 0 Å². The zero-order valence-electron chi connectivity index (χ0n) is 25.1. The third-order valence-electron chi connectivity index (χ3n) is 9.50. The largest absolute Gasteiger partial charge is 0.417 e. The molecule has 0 N–H and O–H groups in total. The van der Waals surface area contributed by atoms with Crippen LogP contribution in [0.5, 0.6) is 0 Å². The molecular formula is C30H44O4S2Si2. The van der Waals surface area contributed by atoms with Crippen LogP contribution in [0.2, 0.25) is 33.2 Å². The van der Waals surface area contributed by atoms with E-state index in [1.807, 2.05) is 0 Å². The van der Waals surface area contributed by atoms with E-state index in [2.05, 4.69) is 95.2 Å². The summed E-state index contributed by atoms with van der Waals surface area (Å²) in [6, 6.07) is 4.13. The van der Waals surface area contributed by atoms with Gasteiger partial charge in [-0.1, -0.05) is 83.1 Å². The number of fused-ring (bicyclic) bond motifs is 5. The molecule has 4 nitrogen and oxygen atoms in total. The highest BCUT2D eigenvalue weighted by atomic mass is 32.1. The second kappa shape index (κ2) is 10.2. The SMILES string of the molecule is CC(C)[Si](c1cc2c(=O)oc3c(oc(=O)c4cc([Si](C(C)C)(C(C)C)C(C)C)sc43)c2s1)(C(C)C)C(C)C. The fraction of sp³-hybridized carbons (Fsp3) is 0.600. The van der Waals surface area contributed by atoms with Gasteiger partial charge in [0.1, 0.15) is 16.1 Å². The molecule has 208 valence electrons. The fourth-order valence-corrected chi connectivity index (χ4v) is 28.5.